The summed E-state index contributed by atoms with van der Waals surface area (Å²) in [5.41, 5.74) is 5.01. The Bertz CT molecular complexity index is 1350. The van der Waals surface area contributed by atoms with E-state index in [0.29, 0.717) is 16.3 Å². The summed E-state index contributed by atoms with van der Waals surface area (Å²) in [6, 6.07) is 23.1. The lowest BCUT2D eigenvalue weighted by atomic mass is 9.83. The fraction of sp³-hybridized carbons (Fsp3) is 0.120. The molecule has 0 spiro atoms. The first-order valence-corrected chi connectivity index (χ1v) is 11.6. The van der Waals surface area contributed by atoms with Gasteiger partial charge in [0.25, 0.3) is 5.91 Å². The number of hydrazine groups is 1. The van der Waals surface area contributed by atoms with E-state index in [0.717, 1.165) is 21.6 Å². The minimum atomic E-state index is -1.43. The summed E-state index contributed by atoms with van der Waals surface area (Å²) in [6.07, 6.45) is 0. The average molecular weight is 472 g/mol. The van der Waals surface area contributed by atoms with Crippen molar-refractivity contribution in [1.82, 2.24) is 25.7 Å². The Labute approximate surface area is 199 Å². The third-order valence-corrected chi connectivity index (χ3v) is 6.50. The first-order chi connectivity index (χ1) is 16.5. The van der Waals surface area contributed by atoms with Crippen molar-refractivity contribution in [3.63, 3.8) is 0 Å². The number of hydrogen-bond donors (Lipinski definition) is 3. The summed E-state index contributed by atoms with van der Waals surface area (Å²) in [6.45, 7) is 1.99. The number of fused-ring (bicyclic) bond motifs is 1. The molecule has 0 atom stereocenters. The lowest BCUT2D eigenvalue weighted by molar-refractivity contribution is -0.137. The number of imidazole rings is 1. The van der Waals surface area contributed by atoms with Crippen LogP contribution in [0.2, 0.25) is 0 Å². The molecule has 0 radical (unpaired) electrons. The first-order valence-electron chi connectivity index (χ1n) is 10.6. The van der Waals surface area contributed by atoms with Gasteiger partial charge in [-0.25, -0.2) is 9.78 Å². The number of nitrogens with zero attached hydrogens (tertiary/aromatic N) is 2. The number of hydrogen-bond acceptors (Lipinski definition) is 5. The van der Waals surface area contributed by atoms with Crippen molar-refractivity contribution < 1.29 is 14.4 Å². The average Bonchev–Trinajstić information content (AvgIpc) is 3.37. The van der Waals surface area contributed by atoms with Crippen LogP contribution in [-0.2, 0) is 15.1 Å². The van der Waals surface area contributed by atoms with Gasteiger partial charge in [0.2, 0.25) is 5.91 Å². The highest BCUT2D eigenvalue weighted by atomic mass is 32.2. The number of thioether (sulfide) groups is 1. The van der Waals surface area contributed by atoms with Crippen LogP contribution in [0.25, 0.3) is 11.0 Å². The van der Waals surface area contributed by atoms with Crippen LogP contribution >= 0.6 is 11.8 Å². The Kier molecular flexibility index (Phi) is 5.54. The number of benzene rings is 3. The smallest absolute Gasteiger partial charge is 0.333 e. The van der Waals surface area contributed by atoms with Gasteiger partial charge in [-0.15, -0.1) is 0 Å². The number of aromatic nitrogens is 2. The van der Waals surface area contributed by atoms with E-state index in [1.165, 1.54) is 11.8 Å². The van der Waals surface area contributed by atoms with Crippen molar-refractivity contribution in [3.05, 3.63) is 95.6 Å². The summed E-state index contributed by atoms with van der Waals surface area (Å²) in [4.78, 5) is 46.8. The highest BCUT2D eigenvalue weighted by molar-refractivity contribution is 7.99. The Morgan fingerprint density at radius 2 is 1.65 bits per heavy atom. The number of aromatic amines is 1. The SMILES string of the molecule is Cc1ccc2nc(SCC(=O)NN3C(=O)NC(c4ccccc4)(c4ccccc4)C3=O)[nH]c2c1. The number of amides is 4. The van der Waals surface area contributed by atoms with E-state index in [1.807, 2.05) is 37.3 Å². The van der Waals surface area contributed by atoms with Gasteiger partial charge in [0.05, 0.1) is 16.8 Å². The molecule has 1 fully saturated rings. The van der Waals surface area contributed by atoms with Crippen LogP contribution in [0.5, 0.6) is 0 Å². The number of nitrogens with one attached hydrogen (secondary N) is 3. The van der Waals surface area contributed by atoms with Gasteiger partial charge in [-0.05, 0) is 35.7 Å². The lowest BCUT2D eigenvalue weighted by Gasteiger charge is -2.27. The number of aryl methyl sites for hydroxylation is 1. The molecule has 3 aromatic carbocycles. The molecule has 170 valence electrons. The van der Waals surface area contributed by atoms with Gasteiger partial charge in [-0.1, -0.05) is 78.5 Å². The first kappa shape index (κ1) is 21.7. The molecule has 2 heterocycles. The Morgan fingerprint density at radius 1 is 1.00 bits per heavy atom. The van der Waals surface area contributed by atoms with Gasteiger partial charge >= 0.3 is 6.03 Å². The molecule has 8 nitrogen and oxygen atoms in total. The molecule has 9 heteroatoms. The van der Waals surface area contributed by atoms with E-state index in [-0.39, 0.29) is 5.75 Å². The topological polar surface area (TPSA) is 107 Å². The molecule has 4 aromatic rings. The zero-order valence-electron chi connectivity index (χ0n) is 18.2. The number of carbonyl (C=O) groups is 3. The largest absolute Gasteiger partial charge is 0.344 e. The van der Waals surface area contributed by atoms with Crippen molar-refractivity contribution in [3.8, 4) is 0 Å². The van der Waals surface area contributed by atoms with E-state index in [1.54, 1.807) is 48.5 Å². The Morgan fingerprint density at radius 3 is 2.29 bits per heavy atom. The highest BCUT2D eigenvalue weighted by Gasteiger charge is 2.54. The van der Waals surface area contributed by atoms with Gasteiger partial charge < -0.3 is 10.3 Å². The maximum Gasteiger partial charge on any atom is 0.344 e. The molecule has 34 heavy (non-hydrogen) atoms. The molecule has 5 rings (SSSR count). The van der Waals surface area contributed by atoms with E-state index >= 15 is 0 Å². The summed E-state index contributed by atoms with van der Waals surface area (Å²) in [5, 5.41) is 4.13. The van der Waals surface area contributed by atoms with Crippen molar-refractivity contribution in [2.45, 2.75) is 17.6 Å². The number of carbonyl (C=O) groups excluding carboxylic acids is 3. The molecule has 1 aliphatic heterocycles. The van der Waals surface area contributed by atoms with Crippen molar-refractivity contribution in [2.75, 3.05) is 5.75 Å². The molecule has 1 aliphatic rings. The van der Waals surface area contributed by atoms with Gasteiger partial charge in [-0.3, -0.25) is 15.0 Å². The van der Waals surface area contributed by atoms with Crippen LogP contribution < -0.4 is 10.7 Å². The van der Waals surface area contributed by atoms with Crippen LogP contribution in [0.1, 0.15) is 16.7 Å². The van der Waals surface area contributed by atoms with Crippen LogP contribution in [0.3, 0.4) is 0 Å². The number of rotatable bonds is 6. The number of imide groups is 1. The molecule has 3 N–H and O–H groups in total. The maximum absolute atomic E-state index is 13.6. The van der Waals surface area contributed by atoms with Crippen LogP contribution in [0.4, 0.5) is 4.79 Å². The van der Waals surface area contributed by atoms with E-state index in [4.69, 9.17) is 0 Å². The predicted octanol–water partition coefficient (Wildman–Crippen LogP) is 3.49. The standard InChI is InChI=1S/C25H21N5O3S/c1-16-12-13-19-20(14-16)27-23(26-19)34-15-21(31)29-30-22(32)25(28-24(30)33,17-8-4-2-5-9-17)18-10-6-3-7-11-18/h2-14H,15H2,1H3,(H,26,27)(H,28,33)(H,29,31). The minimum Gasteiger partial charge on any atom is -0.333 e. The summed E-state index contributed by atoms with van der Waals surface area (Å²) >= 11 is 1.19. The van der Waals surface area contributed by atoms with E-state index < -0.39 is 23.4 Å². The number of H-pyrrole nitrogens is 1. The Balaban J connectivity index is 1.35. The molecular formula is C25H21N5O3S. The molecular weight excluding hydrogens is 450 g/mol. The normalized spacial score (nSPS) is 14.9. The van der Waals surface area contributed by atoms with Gasteiger partial charge in [-0.2, -0.15) is 5.01 Å². The van der Waals surface area contributed by atoms with Gasteiger partial charge in [0.1, 0.15) is 0 Å². The van der Waals surface area contributed by atoms with Crippen molar-refractivity contribution in [2.24, 2.45) is 0 Å². The molecule has 4 amide bonds. The second-order valence-corrected chi connectivity index (χ2v) is 8.90. The molecule has 1 aromatic heterocycles. The van der Waals surface area contributed by atoms with Crippen LogP contribution in [-0.4, -0.2) is 38.6 Å². The monoisotopic (exact) mass is 471 g/mol. The zero-order valence-corrected chi connectivity index (χ0v) is 19.1. The van der Waals surface area contributed by atoms with Crippen LogP contribution in [0.15, 0.2) is 84.0 Å². The van der Waals surface area contributed by atoms with E-state index in [9.17, 15) is 14.4 Å². The quantitative estimate of drug-likeness (QED) is 0.295. The third-order valence-electron chi connectivity index (χ3n) is 5.63. The summed E-state index contributed by atoms with van der Waals surface area (Å²) in [7, 11) is 0. The maximum atomic E-state index is 13.6. The molecule has 1 saturated heterocycles. The fourth-order valence-electron chi connectivity index (χ4n) is 4.02. The lowest BCUT2D eigenvalue weighted by Crippen LogP contribution is -2.49. The molecule has 0 bridgehead atoms. The van der Waals surface area contributed by atoms with Crippen molar-refractivity contribution >= 4 is 40.6 Å². The second kappa shape index (κ2) is 8.68. The predicted molar refractivity (Wildman–Crippen MR) is 129 cm³/mol. The van der Waals surface area contributed by atoms with Gasteiger partial charge in [0.15, 0.2) is 10.7 Å². The van der Waals surface area contributed by atoms with E-state index in [2.05, 4.69) is 20.7 Å². The second-order valence-electron chi connectivity index (χ2n) is 7.94. The highest BCUT2D eigenvalue weighted by Crippen LogP contribution is 2.35. The van der Waals surface area contributed by atoms with Crippen LogP contribution in [0, 0.1) is 6.92 Å². The molecule has 0 aliphatic carbocycles. The third kappa shape index (κ3) is 3.80. The van der Waals surface area contributed by atoms with Gasteiger partial charge in [0, 0.05) is 0 Å². The number of urea groups is 1. The zero-order chi connectivity index (χ0) is 23.7. The minimum absolute atomic E-state index is 0.0282. The Hall–Kier alpha value is -4.11. The summed E-state index contributed by atoms with van der Waals surface area (Å²) < 4.78 is 0. The fourth-order valence-corrected chi connectivity index (χ4v) is 4.70. The molecule has 0 saturated carbocycles. The summed E-state index contributed by atoms with van der Waals surface area (Å²) in [5.74, 6) is -1.10. The molecule has 0 unspecified atom stereocenters. The van der Waals surface area contributed by atoms with Crippen molar-refractivity contribution in [1.29, 1.82) is 0 Å².